The standard InChI is InChI=1S/C20H27ClFNO4/c1-20(2,3)27-19(25)23-14-6-4-13(5-7-14)10-15(24)12-26-16-8-9-17(21)18(22)11-16/h8-9,11,13-14H,4-7,10,12H2,1-3H3,(H,23,25). The summed E-state index contributed by atoms with van der Waals surface area (Å²) in [7, 11) is 0. The maximum Gasteiger partial charge on any atom is 0.407 e. The molecule has 1 aliphatic carbocycles. The smallest absolute Gasteiger partial charge is 0.407 e. The molecule has 0 saturated heterocycles. The molecule has 0 heterocycles. The maximum atomic E-state index is 13.4. The quantitative estimate of drug-likeness (QED) is 0.738. The van der Waals surface area contributed by atoms with E-state index < -0.39 is 17.5 Å². The second kappa shape index (κ2) is 9.40. The van der Waals surface area contributed by atoms with Crippen LogP contribution in [0.2, 0.25) is 5.02 Å². The van der Waals surface area contributed by atoms with E-state index in [1.165, 1.54) is 18.2 Å². The van der Waals surface area contributed by atoms with E-state index in [0.29, 0.717) is 6.42 Å². The first-order chi connectivity index (χ1) is 12.6. The van der Waals surface area contributed by atoms with Crippen LogP contribution in [0.3, 0.4) is 0 Å². The molecular formula is C20H27ClFNO4. The fourth-order valence-corrected chi connectivity index (χ4v) is 3.21. The number of alkyl carbamates (subject to hydrolysis) is 1. The summed E-state index contributed by atoms with van der Waals surface area (Å²) in [6, 6.07) is 4.19. The van der Waals surface area contributed by atoms with Crippen molar-refractivity contribution in [3.8, 4) is 5.75 Å². The number of amides is 1. The Balaban J connectivity index is 1.68. The number of benzene rings is 1. The lowest BCUT2D eigenvalue weighted by molar-refractivity contribution is -0.122. The van der Waals surface area contributed by atoms with Gasteiger partial charge in [0.15, 0.2) is 5.78 Å². The van der Waals surface area contributed by atoms with Crippen LogP contribution in [-0.2, 0) is 9.53 Å². The molecule has 150 valence electrons. The van der Waals surface area contributed by atoms with E-state index in [-0.39, 0.29) is 35.1 Å². The highest BCUT2D eigenvalue weighted by atomic mass is 35.5. The lowest BCUT2D eigenvalue weighted by Crippen LogP contribution is -2.41. The van der Waals surface area contributed by atoms with E-state index in [9.17, 15) is 14.0 Å². The molecule has 1 saturated carbocycles. The first kappa shape index (κ1) is 21.5. The van der Waals surface area contributed by atoms with Crippen molar-refractivity contribution in [1.29, 1.82) is 0 Å². The number of carbonyl (C=O) groups is 2. The second-order valence-corrected chi connectivity index (χ2v) is 8.38. The Kier molecular flexibility index (Phi) is 7.48. The van der Waals surface area contributed by atoms with Gasteiger partial charge in [0.1, 0.15) is 23.8 Å². The summed E-state index contributed by atoms with van der Waals surface area (Å²) in [5.74, 6) is -0.0263. The Morgan fingerprint density at radius 2 is 1.89 bits per heavy atom. The number of rotatable bonds is 6. The summed E-state index contributed by atoms with van der Waals surface area (Å²) in [4.78, 5) is 23.9. The topological polar surface area (TPSA) is 64.6 Å². The molecule has 0 aromatic heterocycles. The van der Waals surface area contributed by atoms with Crippen LogP contribution in [0.5, 0.6) is 5.75 Å². The number of halogens is 2. The molecule has 0 unspecified atom stereocenters. The Morgan fingerprint density at radius 3 is 2.48 bits per heavy atom. The van der Waals surface area contributed by atoms with Gasteiger partial charge in [0, 0.05) is 18.5 Å². The van der Waals surface area contributed by atoms with Crippen molar-refractivity contribution in [1.82, 2.24) is 5.32 Å². The van der Waals surface area contributed by atoms with Crippen LogP contribution in [0, 0.1) is 11.7 Å². The van der Waals surface area contributed by atoms with Gasteiger partial charge in [0.2, 0.25) is 0 Å². The number of carbonyl (C=O) groups excluding carboxylic acids is 2. The van der Waals surface area contributed by atoms with Crippen LogP contribution in [0.1, 0.15) is 52.9 Å². The summed E-state index contributed by atoms with van der Waals surface area (Å²) in [5.41, 5.74) is -0.513. The average Bonchev–Trinajstić information content (AvgIpc) is 2.56. The Bertz CT molecular complexity index is 666. The number of ether oxygens (including phenoxy) is 2. The third-order valence-electron chi connectivity index (χ3n) is 4.37. The van der Waals surface area contributed by atoms with Gasteiger partial charge in [-0.1, -0.05) is 11.6 Å². The molecule has 0 aliphatic heterocycles. The van der Waals surface area contributed by atoms with Crippen molar-refractivity contribution in [2.45, 2.75) is 64.5 Å². The van der Waals surface area contributed by atoms with Crippen LogP contribution in [0.15, 0.2) is 18.2 Å². The van der Waals surface area contributed by atoms with Gasteiger partial charge in [-0.15, -0.1) is 0 Å². The summed E-state index contributed by atoms with van der Waals surface area (Å²) >= 11 is 5.62. The highest BCUT2D eigenvalue weighted by Crippen LogP contribution is 2.27. The zero-order chi connectivity index (χ0) is 20.0. The molecule has 1 fully saturated rings. The minimum absolute atomic E-state index is 0.0189. The molecule has 0 radical (unpaired) electrons. The molecule has 7 heteroatoms. The number of ketones is 1. The van der Waals surface area contributed by atoms with Gasteiger partial charge >= 0.3 is 6.09 Å². The molecule has 1 aromatic rings. The van der Waals surface area contributed by atoms with Crippen molar-refractivity contribution < 1.29 is 23.5 Å². The molecule has 2 rings (SSSR count). The van der Waals surface area contributed by atoms with Gasteiger partial charge in [-0.25, -0.2) is 9.18 Å². The molecule has 27 heavy (non-hydrogen) atoms. The van der Waals surface area contributed by atoms with Crippen molar-refractivity contribution in [3.63, 3.8) is 0 Å². The van der Waals surface area contributed by atoms with E-state index in [2.05, 4.69) is 5.32 Å². The van der Waals surface area contributed by atoms with Crippen molar-refractivity contribution >= 4 is 23.5 Å². The highest BCUT2D eigenvalue weighted by molar-refractivity contribution is 6.30. The van der Waals surface area contributed by atoms with Gasteiger partial charge in [-0.3, -0.25) is 4.79 Å². The van der Waals surface area contributed by atoms with Gasteiger partial charge in [0.05, 0.1) is 5.02 Å². The molecule has 1 amide bonds. The molecule has 1 aliphatic rings. The molecular weight excluding hydrogens is 373 g/mol. The Morgan fingerprint density at radius 1 is 1.22 bits per heavy atom. The maximum absolute atomic E-state index is 13.4. The minimum atomic E-state index is -0.572. The van der Waals surface area contributed by atoms with E-state index in [1.54, 1.807) is 0 Å². The third kappa shape index (κ3) is 7.75. The van der Waals surface area contributed by atoms with E-state index in [1.807, 2.05) is 20.8 Å². The monoisotopic (exact) mass is 399 g/mol. The largest absolute Gasteiger partial charge is 0.486 e. The molecule has 1 aromatic carbocycles. The van der Waals surface area contributed by atoms with Gasteiger partial charge in [-0.2, -0.15) is 0 Å². The van der Waals surface area contributed by atoms with Crippen LogP contribution >= 0.6 is 11.6 Å². The highest BCUT2D eigenvalue weighted by Gasteiger charge is 2.26. The van der Waals surface area contributed by atoms with Crippen molar-refractivity contribution in [2.24, 2.45) is 5.92 Å². The summed E-state index contributed by atoms with van der Waals surface area (Å²) < 4.78 is 24.0. The van der Waals surface area contributed by atoms with Crippen LogP contribution < -0.4 is 10.1 Å². The fraction of sp³-hybridized carbons (Fsp3) is 0.600. The summed E-state index contributed by atoms with van der Waals surface area (Å²) in [5, 5.41) is 2.91. The van der Waals surface area contributed by atoms with Crippen LogP contribution in [-0.4, -0.2) is 30.1 Å². The van der Waals surface area contributed by atoms with Gasteiger partial charge in [0.25, 0.3) is 0 Å². The normalized spacial score (nSPS) is 20.0. The van der Waals surface area contributed by atoms with E-state index >= 15 is 0 Å². The Labute approximate surface area is 164 Å². The molecule has 0 bridgehead atoms. The second-order valence-electron chi connectivity index (χ2n) is 7.97. The van der Waals surface area contributed by atoms with Gasteiger partial charge in [-0.05, 0) is 64.5 Å². The predicted octanol–water partition coefficient (Wildman–Crippen LogP) is 4.90. The number of nitrogens with one attached hydrogen (secondary N) is 1. The first-order valence-electron chi connectivity index (χ1n) is 9.21. The van der Waals surface area contributed by atoms with Gasteiger partial charge < -0.3 is 14.8 Å². The lowest BCUT2D eigenvalue weighted by atomic mass is 9.83. The molecule has 5 nitrogen and oxygen atoms in total. The zero-order valence-corrected chi connectivity index (χ0v) is 16.8. The molecule has 0 atom stereocenters. The minimum Gasteiger partial charge on any atom is -0.486 e. The van der Waals surface area contributed by atoms with E-state index in [4.69, 9.17) is 21.1 Å². The summed E-state index contributed by atoms with van der Waals surface area (Å²) in [6.45, 7) is 5.40. The number of hydrogen-bond donors (Lipinski definition) is 1. The van der Waals surface area contributed by atoms with Crippen LogP contribution in [0.4, 0.5) is 9.18 Å². The fourth-order valence-electron chi connectivity index (χ4n) is 3.10. The lowest BCUT2D eigenvalue weighted by Gasteiger charge is -2.29. The number of hydrogen-bond acceptors (Lipinski definition) is 4. The van der Waals surface area contributed by atoms with E-state index in [0.717, 1.165) is 25.7 Å². The Hall–Kier alpha value is -1.82. The number of Topliss-reactive ketones (excluding diaryl/α,β-unsaturated/α-hetero) is 1. The van der Waals surface area contributed by atoms with Crippen molar-refractivity contribution in [3.05, 3.63) is 29.0 Å². The molecule has 1 N–H and O–H groups in total. The summed E-state index contributed by atoms with van der Waals surface area (Å²) in [6.07, 6.45) is 3.39. The van der Waals surface area contributed by atoms with Crippen molar-refractivity contribution in [2.75, 3.05) is 6.61 Å². The zero-order valence-electron chi connectivity index (χ0n) is 16.0. The van der Waals surface area contributed by atoms with Crippen LogP contribution in [0.25, 0.3) is 0 Å². The first-order valence-corrected chi connectivity index (χ1v) is 9.59. The average molecular weight is 400 g/mol. The molecule has 0 spiro atoms. The third-order valence-corrected chi connectivity index (χ3v) is 4.68. The SMILES string of the molecule is CC(C)(C)OC(=O)NC1CCC(CC(=O)COc2ccc(Cl)c(F)c2)CC1. The predicted molar refractivity (Wildman–Crippen MR) is 102 cm³/mol.